The Morgan fingerprint density at radius 3 is 2.07 bits per heavy atom. The van der Waals surface area contributed by atoms with Gasteiger partial charge < -0.3 is 4.57 Å². The van der Waals surface area contributed by atoms with Crippen LogP contribution in [0.25, 0.3) is 33.8 Å². The summed E-state index contributed by atoms with van der Waals surface area (Å²) < 4.78 is 2.20. The molecule has 0 fully saturated rings. The van der Waals surface area contributed by atoms with E-state index in [2.05, 4.69) is 94.8 Å². The second kappa shape index (κ2) is 8.71. The van der Waals surface area contributed by atoms with Gasteiger partial charge in [0.05, 0.1) is 11.5 Å². The Hall–Kier alpha value is -2.48. The third-order valence-corrected chi connectivity index (χ3v) is 5.75. The third-order valence-electron chi connectivity index (χ3n) is 5.75. The fourth-order valence-corrected chi connectivity index (χ4v) is 4.53. The molecule has 0 saturated heterocycles. The number of hydrogen-bond acceptors (Lipinski definition) is 1. The molecule has 155 valence electrons. The molecule has 4 rings (SSSR count). The van der Waals surface area contributed by atoms with Crippen molar-refractivity contribution in [3.63, 3.8) is 0 Å². The standard InChI is InChI=1S/C27H27N2.Ir/c1-17-14-20(4)25(21(5)15-17)22-12-7-8-13-23(22)27-28-16-24(29(27)6)26-18(2)10-9-11-19(26)3;/h7-12,14-16H,1-6H3;/q-1;. The van der Waals surface area contributed by atoms with E-state index in [0.717, 1.165) is 17.1 Å². The van der Waals surface area contributed by atoms with Gasteiger partial charge in [0.2, 0.25) is 0 Å². The molecule has 30 heavy (non-hydrogen) atoms. The second-order valence-electron chi connectivity index (χ2n) is 8.03. The molecule has 0 aliphatic rings. The third kappa shape index (κ3) is 3.80. The largest absolute Gasteiger partial charge is 0.367 e. The minimum atomic E-state index is 0. The summed E-state index contributed by atoms with van der Waals surface area (Å²) in [5, 5.41) is 0. The van der Waals surface area contributed by atoms with E-state index in [4.69, 9.17) is 4.98 Å². The topological polar surface area (TPSA) is 17.8 Å². The Balaban J connectivity index is 0.00000256. The number of rotatable bonds is 3. The van der Waals surface area contributed by atoms with E-state index in [1.165, 1.54) is 44.5 Å². The Kier molecular flexibility index (Phi) is 6.45. The maximum absolute atomic E-state index is 4.84. The quantitative estimate of drug-likeness (QED) is 0.249. The van der Waals surface area contributed by atoms with Gasteiger partial charge in [-0.15, -0.1) is 29.8 Å². The SMILES string of the molecule is Cc1cc(C)c(-c2ccc[c-]c2-c2ncc(-c3c(C)cccc3C)n2C)c(C)c1.[Ir]. The zero-order valence-electron chi connectivity index (χ0n) is 18.4. The molecule has 0 unspecified atom stereocenters. The second-order valence-corrected chi connectivity index (χ2v) is 8.03. The molecule has 1 radical (unpaired) electrons. The van der Waals surface area contributed by atoms with Crippen LogP contribution in [0.1, 0.15) is 27.8 Å². The Labute approximate surface area is 193 Å². The molecule has 3 heteroatoms. The first-order chi connectivity index (χ1) is 13.9. The molecular formula is C27H27IrN2-. The molecule has 1 heterocycles. The van der Waals surface area contributed by atoms with Gasteiger partial charge in [-0.25, -0.2) is 0 Å². The number of aromatic nitrogens is 2. The van der Waals surface area contributed by atoms with E-state index in [1.807, 2.05) is 12.3 Å². The summed E-state index contributed by atoms with van der Waals surface area (Å²) in [4.78, 5) is 4.84. The molecule has 1 aromatic heterocycles. The molecule has 0 aliphatic heterocycles. The van der Waals surface area contributed by atoms with Crippen LogP contribution >= 0.6 is 0 Å². The van der Waals surface area contributed by atoms with Crippen molar-refractivity contribution >= 4 is 0 Å². The van der Waals surface area contributed by atoms with Crippen LogP contribution in [-0.4, -0.2) is 9.55 Å². The number of hydrogen-bond donors (Lipinski definition) is 0. The average Bonchev–Trinajstić information content (AvgIpc) is 3.02. The number of nitrogens with zero attached hydrogens (tertiary/aromatic N) is 2. The molecule has 0 aliphatic carbocycles. The van der Waals surface area contributed by atoms with Gasteiger partial charge in [-0.2, -0.15) is 0 Å². The fourth-order valence-electron chi connectivity index (χ4n) is 4.53. The Morgan fingerprint density at radius 2 is 1.43 bits per heavy atom. The van der Waals surface area contributed by atoms with E-state index in [0.29, 0.717) is 0 Å². The summed E-state index contributed by atoms with van der Waals surface area (Å²) >= 11 is 0. The van der Waals surface area contributed by atoms with E-state index in [9.17, 15) is 0 Å². The van der Waals surface area contributed by atoms with Gasteiger partial charge in [-0.05, 0) is 45.7 Å². The predicted molar refractivity (Wildman–Crippen MR) is 122 cm³/mol. The van der Waals surface area contributed by atoms with Crippen molar-refractivity contribution in [2.45, 2.75) is 34.6 Å². The van der Waals surface area contributed by atoms with Crippen LogP contribution in [0, 0.1) is 40.7 Å². The van der Waals surface area contributed by atoms with Crippen LogP contribution in [0.15, 0.2) is 54.7 Å². The van der Waals surface area contributed by atoms with Gasteiger partial charge >= 0.3 is 0 Å². The molecule has 0 atom stereocenters. The summed E-state index contributed by atoms with van der Waals surface area (Å²) in [7, 11) is 2.10. The van der Waals surface area contributed by atoms with Crippen LogP contribution in [0.4, 0.5) is 0 Å². The van der Waals surface area contributed by atoms with Crippen LogP contribution in [0.3, 0.4) is 0 Å². The monoisotopic (exact) mass is 572 g/mol. The van der Waals surface area contributed by atoms with Crippen LogP contribution in [-0.2, 0) is 27.2 Å². The normalized spacial score (nSPS) is 10.7. The van der Waals surface area contributed by atoms with Gasteiger partial charge in [0, 0.05) is 38.9 Å². The van der Waals surface area contributed by atoms with Crippen LogP contribution < -0.4 is 0 Å². The minimum Gasteiger partial charge on any atom is -0.367 e. The first kappa shape index (κ1) is 22.2. The molecule has 0 N–H and O–H groups in total. The van der Waals surface area contributed by atoms with E-state index < -0.39 is 0 Å². The summed E-state index contributed by atoms with van der Waals surface area (Å²) in [5.41, 5.74) is 12.3. The number of aryl methyl sites for hydroxylation is 5. The van der Waals surface area contributed by atoms with Gasteiger partial charge in [0.25, 0.3) is 0 Å². The minimum absolute atomic E-state index is 0. The summed E-state index contributed by atoms with van der Waals surface area (Å²) in [6.45, 7) is 10.8. The first-order valence-corrected chi connectivity index (χ1v) is 10.1. The van der Waals surface area contributed by atoms with E-state index in [1.54, 1.807) is 0 Å². The maximum Gasteiger partial charge on any atom is 0.0592 e. The van der Waals surface area contributed by atoms with Crippen molar-refractivity contribution in [3.05, 3.63) is 88.6 Å². The summed E-state index contributed by atoms with van der Waals surface area (Å²) in [6, 6.07) is 20.6. The van der Waals surface area contributed by atoms with Gasteiger partial charge in [-0.3, -0.25) is 4.98 Å². The molecule has 0 bridgehead atoms. The van der Waals surface area contributed by atoms with E-state index >= 15 is 0 Å². The Morgan fingerprint density at radius 1 is 0.800 bits per heavy atom. The Bertz CT molecular complexity index is 1170. The predicted octanol–water partition coefficient (Wildman–Crippen LogP) is 6.76. The molecular weight excluding hydrogens is 545 g/mol. The zero-order chi connectivity index (χ0) is 20.7. The molecule has 0 spiro atoms. The molecule has 4 aromatic rings. The smallest absolute Gasteiger partial charge is 0.0592 e. The summed E-state index contributed by atoms with van der Waals surface area (Å²) in [5.74, 6) is 0.942. The molecule has 0 amide bonds. The van der Waals surface area contributed by atoms with Gasteiger partial charge in [-0.1, -0.05) is 58.1 Å². The molecule has 0 saturated carbocycles. The van der Waals surface area contributed by atoms with Gasteiger partial charge in [0.1, 0.15) is 0 Å². The van der Waals surface area contributed by atoms with Crippen molar-refractivity contribution in [3.8, 4) is 33.8 Å². The van der Waals surface area contributed by atoms with Crippen molar-refractivity contribution < 1.29 is 20.1 Å². The maximum atomic E-state index is 4.84. The average molecular weight is 572 g/mol. The summed E-state index contributed by atoms with van der Waals surface area (Å²) in [6.07, 6.45) is 1.99. The first-order valence-electron chi connectivity index (χ1n) is 10.1. The molecule has 3 aromatic carbocycles. The van der Waals surface area contributed by atoms with Crippen molar-refractivity contribution in [1.82, 2.24) is 9.55 Å². The van der Waals surface area contributed by atoms with Crippen LogP contribution in [0.5, 0.6) is 0 Å². The van der Waals surface area contributed by atoms with Crippen molar-refractivity contribution in [2.24, 2.45) is 7.05 Å². The van der Waals surface area contributed by atoms with Gasteiger partial charge in [0.15, 0.2) is 0 Å². The van der Waals surface area contributed by atoms with Crippen molar-refractivity contribution in [1.29, 1.82) is 0 Å². The molecule has 2 nitrogen and oxygen atoms in total. The van der Waals surface area contributed by atoms with Crippen molar-refractivity contribution in [2.75, 3.05) is 0 Å². The number of benzene rings is 3. The zero-order valence-corrected chi connectivity index (χ0v) is 20.8. The van der Waals surface area contributed by atoms with Crippen LogP contribution in [0.2, 0.25) is 0 Å². The number of imidazole rings is 1. The van der Waals surface area contributed by atoms with E-state index in [-0.39, 0.29) is 20.1 Å². The fraction of sp³-hybridized carbons (Fsp3) is 0.222.